The van der Waals surface area contributed by atoms with Gasteiger partial charge in [-0.3, -0.25) is 5.10 Å². The lowest BCUT2D eigenvalue weighted by atomic mass is 10.2. The third-order valence-electron chi connectivity index (χ3n) is 2.28. The first kappa shape index (κ1) is 12.2. The van der Waals surface area contributed by atoms with Gasteiger partial charge in [0.1, 0.15) is 5.82 Å². The Kier molecular flexibility index (Phi) is 4.27. The summed E-state index contributed by atoms with van der Waals surface area (Å²) in [5, 5.41) is 10.6. The molecule has 1 heterocycles. The minimum atomic E-state index is 0.243. The maximum absolute atomic E-state index is 4.46. The first-order chi connectivity index (χ1) is 7.00. The number of hydrogen-bond donors (Lipinski definition) is 2. The topological polar surface area (TPSA) is 53.6 Å². The number of aromatic nitrogens is 3. The average Bonchev–Trinajstić information content (AvgIpc) is 2.62. The Balaban J connectivity index is 2.54. The second-order valence-corrected chi connectivity index (χ2v) is 4.76. The summed E-state index contributed by atoms with van der Waals surface area (Å²) in [6.45, 7) is 11.7. The summed E-state index contributed by atoms with van der Waals surface area (Å²) < 4.78 is 0. The third kappa shape index (κ3) is 3.63. The molecule has 0 aliphatic heterocycles. The van der Waals surface area contributed by atoms with Crippen LogP contribution in [0.15, 0.2) is 0 Å². The van der Waals surface area contributed by atoms with Gasteiger partial charge in [-0.15, -0.1) is 0 Å². The molecule has 1 rings (SSSR count). The number of hydrogen-bond acceptors (Lipinski definition) is 3. The summed E-state index contributed by atoms with van der Waals surface area (Å²) in [5.74, 6) is 2.86. The zero-order chi connectivity index (χ0) is 11.4. The highest BCUT2D eigenvalue weighted by Gasteiger charge is 2.12. The van der Waals surface area contributed by atoms with Crippen LogP contribution in [0.25, 0.3) is 0 Å². The van der Waals surface area contributed by atoms with Crippen LogP contribution in [-0.2, 0) is 0 Å². The molecular formula is C11H22N4. The van der Waals surface area contributed by atoms with E-state index in [0.717, 1.165) is 18.2 Å². The van der Waals surface area contributed by atoms with E-state index in [1.807, 2.05) is 0 Å². The summed E-state index contributed by atoms with van der Waals surface area (Å²) >= 11 is 0. The van der Waals surface area contributed by atoms with E-state index in [0.29, 0.717) is 11.8 Å². The molecule has 1 aromatic heterocycles. The van der Waals surface area contributed by atoms with Crippen LogP contribution in [0.3, 0.4) is 0 Å². The fraction of sp³-hybridized carbons (Fsp3) is 0.818. The number of H-pyrrole nitrogens is 1. The van der Waals surface area contributed by atoms with Gasteiger partial charge in [-0.05, 0) is 19.4 Å². The Morgan fingerprint density at radius 1 is 1.20 bits per heavy atom. The highest BCUT2D eigenvalue weighted by atomic mass is 15.2. The summed E-state index contributed by atoms with van der Waals surface area (Å²) in [6, 6.07) is 0.243. The van der Waals surface area contributed by atoms with E-state index in [9.17, 15) is 0 Å². The molecule has 2 N–H and O–H groups in total. The van der Waals surface area contributed by atoms with Gasteiger partial charge in [0.2, 0.25) is 0 Å². The van der Waals surface area contributed by atoms with Crippen LogP contribution >= 0.6 is 0 Å². The quantitative estimate of drug-likeness (QED) is 0.783. The lowest BCUT2D eigenvalue weighted by molar-refractivity contribution is 0.482. The molecule has 0 aromatic carbocycles. The standard InChI is InChI=1S/C11H22N4/c1-7(2)6-12-9(5)11-13-10(8(3)4)14-15-11/h7-9,12H,6H2,1-5H3,(H,13,14,15). The van der Waals surface area contributed by atoms with E-state index < -0.39 is 0 Å². The van der Waals surface area contributed by atoms with Crippen LogP contribution < -0.4 is 5.32 Å². The molecule has 1 atom stereocenters. The Bertz CT molecular complexity index is 291. The van der Waals surface area contributed by atoms with Crippen molar-refractivity contribution >= 4 is 0 Å². The van der Waals surface area contributed by atoms with E-state index in [-0.39, 0.29) is 6.04 Å². The van der Waals surface area contributed by atoms with Crippen LogP contribution in [0.1, 0.15) is 58.2 Å². The van der Waals surface area contributed by atoms with Gasteiger partial charge in [-0.1, -0.05) is 27.7 Å². The predicted octanol–water partition coefficient (Wildman–Crippen LogP) is 2.23. The van der Waals surface area contributed by atoms with Crippen molar-refractivity contribution < 1.29 is 0 Å². The van der Waals surface area contributed by atoms with E-state index in [1.54, 1.807) is 0 Å². The van der Waals surface area contributed by atoms with Crippen LogP contribution in [0.4, 0.5) is 0 Å². The zero-order valence-corrected chi connectivity index (χ0v) is 10.3. The first-order valence-electron chi connectivity index (χ1n) is 5.66. The molecule has 86 valence electrons. The SMILES string of the molecule is CC(C)CNC(C)c1nc(C(C)C)n[nH]1. The van der Waals surface area contributed by atoms with Gasteiger partial charge in [0.05, 0.1) is 6.04 Å². The maximum atomic E-state index is 4.46. The molecule has 0 amide bonds. The van der Waals surface area contributed by atoms with Gasteiger partial charge in [0.15, 0.2) is 5.82 Å². The molecule has 4 nitrogen and oxygen atoms in total. The molecule has 4 heteroatoms. The summed E-state index contributed by atoms with van der Waals surface area (Å²) in [4.78, 5) is 4.46. The molecule has 0 spiro atoms. The Hall–Kier alpha value is -0.900. The highest BCUT2D eigenvalue weighted by Crippen LogP contribution is 2.12. The predicted molar refractivity (Wildman–Crippen MR) is 61.7 cm³/mol. The van der Waals surface area contributed by atoms with Gasteiger partial charge < -0.3 is 5.32 Å². The second-order valence-electron chi connectivity index (χ2n) is 4.76. The molecule has 0 aliphatic rings. The molecular weight excluding hydrogens is 188 g/mol. The van der Waals surface area contributed by atoms with Crippen LogP contribution in [0.2, 0.25) is 0 Å². The minimum absolute atomic E-state index is 0.243. The van der Waals surface area contributed by atoms with Crippen LogP contribution in [0.5, 0.6) is 0 Å². The van der Waals surface area contributed by atoms with Crippen LogP contribution in [0, 0.1) is 5.92 Å². The summed E-state index contributed by atoms with van der Waals surface area (Å²) in [5.41, 5.74) is 0. The zero-order valence-electron chi connectivity index (χ0n) is 10.3. The molecule has 1 unspecified atom stereocenters. The second kappa shape index (κ2) is 5.26. The van der Waals surface area contributed by atoms with E-state index in [4.69, 9.17) is 0 Å². The van der Waals surface area contributed by atoms with Crippen molar-refractivity contribution in [3.63, 3.8) is 0 Å². The molecule has 0 saturated heterocycles. The van der Waals surface area contributed by atoms with Crippen molar-refractivity contribution in [3.05, 3.63) is 11.6 Å². The summed E-state index contributed by atoms with van der Waals surface area (Å²) in [7, 11) is 0. The molecule has 0 radical (unpaired) electrons. The normalized spacial score (nSPS) is 13.8. The molecule has 0 fully saturated rings. The molecule has 0 bridgehead atoms. The minimum Gasteiger partial charge on any atom is -0.307 e. The monoisotopic (exact) mass is 210 g/mol. The van der Waals surface area contributed by atoms with E-state index in [2.05, 4.69) is 55.1 Å². The average molecular weight is 210 g/mol. The van der Waals surface area contributed by atoms with Gasteiger partial charge in [0, 0.05) is 5.92 Å². The van der Waals surface area contributed by atoms with Gasteiger partial charge in [-0.25, -0.2) is 4.98 Å². The number of nitrogens with zero attached hydrogens (tertiary/aromatic N) is 2. The highest BCUT2D eigenvalue weighted by molar-refractivity contribution is 4.98. The maximum Gasteiger partial charge on any atom is 0.153 e. The van der Waals surface area contributed by atoms with Crippen molar-refractivity contribution in [1.82, 2.24) is 20.5 Å². The van der Waals surface area contributed by atoms with E-state index in [1.165, 1.54) is 0 Å². The lowest BCUT2D eigenvalue weighted by Crippen LogP contribution is -2.24. The molecule has 15 heavy (non-hydrogen) atoms. The van der Waals surface area contributed by atoms with Crippen molar-refractivity contribution in [1.29, 1.82) is 0 Å². The van der Waals surface area contributed by atoms with Crippen molar-refractivity contribution in [2.75, 3.05) is 6.54 Å². The fourth-order valence-corrected chi connectivity index (χ4v) is 1.25. The fourth-order valence-electron chi connectivity index (χ4n) is 1.25. The smallest absolute Gasteiger partial charge is 0.153 e. The van der Waals surface area contributed by atoms with Crippen molar-refractivity contribution in [2.24, 2.45) is 5.92 Å². The molecule has 0 saturated carbocycles. The lowest BCUT2D eigenvalue weighted by Gasteiger charge is -2.12. The summed E-state index contributed by atoms with van der Waals surface area (Å²) in [6.07, 6.45) is 0. The van der Waals surface area contributed by atoms with Gasteiger partial charge in [-0.2, -0.15) is 5.10 Å². The van der Waals surface area contributed by atoms with Crippen molar-refractivity contribution in [3.8, 4) is 0 Å². The van der Waals surface area contributed by atoms with Crippen molar-refractivity contribution in [2.45, 2.75) is 46.6 Å². The largest absolute Gasteiger partial charge is 0.307 e. The number of aromatic amines is 1. The molecule has 1 aromatic rings. The number of nitrogens with one attached hydrogen (secondary N) is 2. The van der Waals surface area contributed by atoms with Gasteiger partial charge in [0.25, 0.3) is 0 Å². The Morgan fingerprint density at radius 3 is 2.33 bits per heavy atom. The van der Waals surface area contributed by atoms with E-state index >= 15 is 0 Å². The third-order valence-corrected chi connectivity index (χ3v) is 2.28. The number of rotatable bonds is 5. The van der Waals surface area contributed by atoms with Gasteiger partial charge >= 0.3 is 0 Å². The Morgan fingerprint density at radius 2 is 1.87 bits per heavy atom. The molecule has 0 aliphatic carbocycles. The van der Waals surface area contributed by atoms with Crippen LogP contribution in [-0.4, -0.2) is 21.7 Å². The first-order valence-corrected chi connectivity index (χ1v) is 5.66. The Labute approximate surface area is 91.9 Å².